The first-order chi connectivity index (χ1) is 14.8. The summed E-state index contributed by atoms with van der Waals surface area (Å²) in [4.78, 5) is 15.3. The Morgan fingerprint density at radius 3 is 2.13 bits per heavy atom. The van der Waals surface area contributed by atoms with Crippen LogP contribution in [0.2, 0.25) is 0 Å². The maximum Gasteiger partial charge on any atom is 0.255 e. The standard InChI is InChI=1S/C24H33N3O3S/c1-4-27(5-2)31(29,30)23-12-10-22(11-13-23)25-24(28)21-8-6-20(7-9-21)18-26-16-14-19(3)15-17-26/h6-13,19H,4-5,14-18H2,1-3H3,(H,25,28). The van der Waals surface area contributed by atoms with E-state index < -0.39 is 10.0 Å². The van der Waals surface area contributed by atoms with Crippen LogP contribution >= 0.6 is 0 Å². The molecule has 0 spiro atoms. The van der Waals surface area contributed by atoms with E-state index in [-0.39, 0.29) is 10.8 Å². The molecule has 3 rings (SSSR count). The molecule has 1 fully saturated rings. The summed E-state index contributed by atoms with van der Waals surface area (Å²) in [5, 5.41) is 2.84. The molecule has 7 heteroatoms. The molecule has 0 radical (unpaired) electrons. The van der Waals surface area contributed by atoms with Gasteiger partial charge in [-0.25, -0.2) is 8.42 Å². The third kappa shape index (κ3) is 5.93. The number of nitrogens with zero attached hydrogens (tertiary/aromatic N) is 2. The molecule has 0 aromatic heterocycles. The molecule has 1 aliphatic heterocycles. The molecule has 1 amide bonds. The molecule has 1 N–H and O–H groups in total. The van der Waals surface area contributed by atoms with Crippen LogP contribution in [0.1, 0.15) is 49.5 Å². The molecule has 1 saturated heterocycles. The molecule has 1 heterocycles. The maximum atomic E-state index is 12.6. The Hall–Kier alpha value is -2.22. The normalized spacial score (nSPS) is 15.9. The van der Waals surface area contributed by atoms with Crippen molar-refractivity contribution in [3.8, 4) is 0 Å². The van der Waals surface area contributed by atoms with Crippen LogP contribution in [0, 0.1) is 5.92 Å². The maximum absolute atomic E-state index is 12.6. The van der Waals surface area contributed by atoms with Crippen LogP contribution in [0.25, 0.3) is 0 Å². The number of carbonyl (C=O) groups is 1. The predicted octanol–water partition coefficient (Wildman–Crippen LogP) is 4.20. The second kappa shape index (κ2) is 10.4. The predicted molar refractivity (Wildman–Crippen MR) is 125 cm³/mol. The van der Waals surface area contributed by atoms with E-state index in [2.05, 4.69) is 17.1 Å². The second-order valence-corrected chi connectivity index (χ2v) is 10.2. The summed E-state index contributed by atoms with van der Waals surface area (Å²) in [6.45, 7) is 9.95. The largest absolute Gasteiger partial charge is 0.322 e. The number of carbonyl (C=O) groups excluding carboxylic acids is 1. The summed E-state index contributed by atoms with van der Waals surface area (Å²) in [6, 6.07) is 14.0. The van der Waals surface area contributed by atoms with Crippen LogP contribution in [-0.2, 0) is 16.6 Å². The van der Waals surface area contributed by atoms with Crippen molar-refractivity contribution in [2.24, 2.45) is 5.92 Å². The van der Waals surface area contributed by atoms with Crippen molar-refractivity contribution in [1.82, 2.24) is 9.21 Å². The van der Waals surface area contributed by atoms with Gasteiger partial charge in [0.1, 0.15) is 0 Å². The average molecular weight is 444 g/mol. The van der Waals surface area contributed by atoms with E-state index in [1.807, 2.05) is 38.1 Å². The van der Waals surface area contributed by atoms with E-state index in [1.54, 1.807) is 12.1 Å². The van der Waals surface area contributed by atoms with Gasteiger partial charge in [0.05, 0.1) is 4.90 Å². The van der Waals surface area contributed by atoms with Crippen molar-refractivity contribution in [3.05, 3.63) is 59.7 Å². The van der Waals surface area contributed by atoms with E-state index in [1.165, 1.54) is 34.8 Å². The summed E-state index contributed by atoms with van der Waals surface area (Å²) in [5.41, 5.74) is 2.35. The third-order valence-corrected chi connectivity index (χ3v) is 8.02. The zero-order valence-electron chi connectivity index (χ0n) is 18.7. The lowest BCUT2D eigenvalue weighted by Crippen LogP contribution is -2.32. The quantitative estimate of drug-likeness (QED) is 0.664. The summed E-state index contributed by atoms with van der Waals surface area (Å²) >= 11 is 0. The van der Waals surface area contributed by atoms with Gasteiger partial charge < -0.3 is 5.32 Å². The van der Waals surface area contributed by atoms with E-state index in [4.69, 9.17) is 0 Å². The van der Waals surface area contributed by atoms with Gasteiger partial charge in [0.2, 0.25) is 10.0 Å². The number of hydrogen-bond acceptors (Lipinski definition) is 4. The average Bonchev–Trinajstić information content (AvgIpc) is 2.77. The minimum Gasteiger partial charge on any atom is -0.322 e. The van der Waals surface area contributed by atoms with Crippen molar-refractivity contribution in [1.29, 1.82) is 0 Å². The number of nitrogens with one attached hydrogen (secondary N) is 1. The molecular formula is C24H33N3O3S. The van der Waals surface area contributed by atoms with Crippen LogP contribution in [0.5, 0.6) is 0 Å². The van der Waals surface area contributed by atoms with Gasteiger partial charge in [0.15, 0.2) is 0 Å². The van der Waals surface area contributed by atoms with E-state index >= 15 is 0 Å². The fourth-order valence-electron chi connectivity index (χ4n) is 3.87. The Morgan fingerprint density at radius 1 is 1.00 bits per heavy atom. The highest BCUT2D eigenvalue weighted by Crippen LogP contribution is 2.20. The van der Waals surface area contributed by atoms with Crippen LogP contribution in [0.4, 0.5) is 5.69 Å². The van der Waals surface area contributed by atoms with Gasteiger partial charge in [-0.2, -0.15) is 4.31 Å². The van der Waals surface area contributed by atoms with Gasteiger partial charge in [-0.05, 0) is 73.8 Å². The first kappa shape index (κ1) is 23.4. The lowest BCUT2D eigenvalue weighted by atomic mass is 9.99. The highest BCUT2D eigenvalue weighted by atomic mass is 32.2. The molecule has 1 aliphatic rings. The minimum absolute atomic E-state index is 0.210. The van der Waals surface area contributed by atoms with Crippen molar-refractivity contribution >= 4 is 21.6 Å². The van der Waals surface area contributed by atoms with Gasteiger partial charge in [0.25, 0.3) is 5.91 Å². The highest BCUT2D eigenvalue weighted by molar-refractivity contribution is 7.89. The number of amides is 1. The molecule has 2 aromatic rings. The second-order valence-electron chi connectivity index (χ2n) is 8.22. The summed E-state index contributed by atoms with van der Waals surface area (Å²) in [6.07, 6.45) is 2.49. The molecule has 0 unspecified atom stereocenters. The number of benzene rings is 2. The van der Waals surface area contributed by atoms with E-state index in [0.717, 1.165) is 25.6 Å². The zero-order chi connectivity index (χ0) is 22.4. The molecular weight excluding hydrogens is 410 g/mol. The number of hydrogen-bond donors (Lipinski definition) is 1. The molecule has 0 aliphatic carbocycles. The first-order valence-corrected chi connectivity index (χ1v) is 12.5. The molecule has 0 atom stereocenters. The molecule has 0 saturated carbocycles. The first-order valence-electron chi connectivity index (χ1n) is 11.1. The smallest absolute Gasteiger partial charge is 0.255 e. The Labute approximate surface area is 186 Å². The topological polar surface area (TPSA) is 69.7 Å². The SMILES string of the molecule is CCN(CC)S(=O)(=O)c1ccc(NC(=O)c2ccc(CN3CCC(C)CC3)cc2)cc1. The van der Waals surface area contributed by atoms with Crippen molar-refractivity contribution in [3.63, 3.8) is 0 Å². The van der Waals surface area contributed by atoms with Crippen molar-refractivity contribution in [2.45, 2.75) is 45.1 Å². The van der Waals surface area contributed by atoms with Gasteiger partial charge >= 0.3 is 0 Å². The molecule has 0 bridgehead atoms. The Balaban J connectivity index is 1.60. The van der Waals surface area contributed by atoms with Crippen molar-refractivity contribution < 1.29 is 13.2 Å². The number of anilines is 1. The number of sulfonamides is 1. The number of likely N-dealkylation sites (tertiary alicyclic amines) is 1. The molecule has 168 valence electrons. The van der Waals surface area contributed by atoms with Gasteiger partial charge in [-0.1, -0.05) is 32.9 Å². The van der Waals surface area contributed by atoms with Gasteiger partial charge in [-0.3, -0.25) is 9.69 Å². The van der Waals surface area contributed by atoms with E-state index in [0.29, 0.717) is 24.3 Å². The summed E-state index contributed by atoms with van der Waals surface area (Å²) < 4.78 is 26.6. The number of piperidine rings is 1. The molecule has 2 aromatic carbocycles. The fraction of sp³-hybridized carbons (Fsp3) is 0.458. The lowest BCUT2D eigenvalue weighted by molar-refractivity contribution is 0.102. The molecule has 31 heavy (non-hydrogen) atoms. The summed E-state index contributed by atoms with van der Waals surface area (Å²) in [5.74, 6) is 0.603. The highest BCUT2D eigenvalue weighted by Gasteiger charge is 2.21. The van der Waals surface area contributed by atoms with Crippen molar-refractivity contribution in [2.75, 3.05) is 31.5 Å². The Morgan fingerprint density at radius 2 is 1.58 bits per heavy atom. The van der Waals surface area contributed by atoms with Gasteiger partial charge in [-0.15, -0.1) is 0 Å². The van der Waals surface area contributed by atoms with Crippen LogP contribution in [0.3, 0.4) is 0 Å². The van der Waals surface area contributed by atoms with E-state index in [9.17, 15) is 13.2 Å². The Bertz CT molecular complexity index is 960. The third-order valence-electron chi connectivity index (χ3n) is 5.95. The van der Waals surface area contributed by atoms with Crippen LogP contribution in [-0.4, -0.2) is 49.7 Å². The number of rotatable bonds is 8. The zero-order valence-corrected chi connectivity index (χ0v) is 19.5. The van der Waals surface area contributed by atoms with Crippen LogP contribution in [0.15, 0.2) is 53.4 Å². The fourth-order valence-corrected chi connectivity index (χ4v) is 5.32. The summed E-state index contributed by atoms with van der Waals surface area (Å²) in [7, 11) is -3.50. The Kier molecular flexibility index (Phi) is 7.86. The minimum atomic E-state index is -3.50. The van der Waals surface area contributed by atoms with Gasteiger partial charge in [0, 0.05) is 30.9 Å². The lowest BCUT2D eigenvalue weighted by Gasteiger charge is -2.30. The molecule has 6 nitrogen and oxygen atoms in total. The van der Waals surface area contributed by atoms with Crippen LogP contribution < -0.4 is 5.32 Å². The monoisotopic (exact) mass is 443 g/mol.